The Morgan fingerprint density at radius 3 is 2.00 bits per heavy atom. The van der Waals surface area contributed by atoms with Crippen LogP contribution in [0.2, 0.25) is 0 Å². The van der Waals surface area contributed by atoms with Crippen molar-refractivity contribution in [3.63, 3.8) is 0 Å². The van der Waals surface area contributed by atoms with Crippen LogP contribution in [0, 0.1) is 5.92 Å². The summed E-state index contributed by atoms with van der Waals surface area (Å²) in [5.41, 5.74) is 0. The number of nitrogens with zero attached hydrogens (tertiary/aromatic N) is 1. The summed E-state index contributed by atoms with van der Waals surface area (Å²) in [5.74, 6) is 0.751. The third kappa shape index (κ3) is 7.71. The molecule has 0 unspecified atom stereocenters. The summed E-state index contributed by atoms with van der Waals surface area (Å²) in [5, 5.41) is 0. The minimum absolute atomic E-state index is 0.356. The molecule has 0 bridgehead atoms. The largest absolute Gasteiger partial charge is 0.303 e. The number of unbranched alkanes of at least 4 members (excludes halogenated alkanes) is 7. The second-order valence-corrected chi connectivity index (χ2v) is 6.20. The third-order valence-corrected chi connectivity index (χ3v) is 4.49. The van der Waals surface area contributed by atoms with Crippen molar-refractivity contribution in [2.75, 3.05) is 19.6 Å². The molecule has 0 aromatic carbocycles. The molecule has 1 fully saturated rings. The Bertz CT molecular complexity index is 231. The van der Waals surface area contributed by atoms with Gasteiger partial charge in [-0.2, -0.15) is 0 Å². The maximum atomic E-state index is 11.3. The summed E-state index contributed by atoms with van der Waals surface area (Å²) >= 11 is 0. The van der Waals surface area contributed by atoms with Crippen LogP contribution >= 0.6 is 0 Å². The summed E-state index contributed by atoms with van der Waals surface area (Å²) in [6.45, 7) is 7.55. The molecule has 0 aromatic rings. The fourth-order valence-electron chi connectivity index (χ4n) is 3.03. The first-order chi connectivity index (χ1) is 9.24. The van der Waals surface area contributed by atoms with E-state index >= 15 is 0 Å². The van der Waals surface area contributed by atoms with Crippen molar-refractivity contribution in [2.24, 2.45) is 5.92 Å². The number of likely N-dealkylation sites (tertiary alicyclic amines) is 1. The highest BCUT2D eigenvalue weighted by Crippen LogP contribution is 2.18. The Hall–Kier alpha value is -0.370. The smallest absolute Gasteiger partial charge is 0.133 e. The number of rotatable bonds is 10. The van der Waals surface area contributed by atoms with Crippen molar-refractivity contribution in [1.29, 1.82) is 0 Å². The summed E-state index contributed by atoms with van der Waals surface area (Å²) in [7, 11) is 0. The molecule has 2 nitrogen and oxygen atoms in total. The van der Waals surface area contributed by atoms with Crippen molar-refractivity contribution >= 4 is 5.78 Å². The molecule has 0 spiro atoms. The molecule has 1 saturated heterocycles. The van der Waals surface area contributed by atoms with Crippen LogP contribution in [0.4, 0.5) is 0 Å². The Balaban J connectivity index is 1.89. The molecule has 0 N–H and O–H groups in total. The fourth-order valence-corrected chi connectivity index (χ4v) is 3.03. The van der Waals surface area contributed by atoms with Gasteiger partial charge in [0.05, 0.1) is 0 Å². The second-order valence-electron chi connectivity index (χ2n) is 6.20. The molecule has 0 saturated carbocycles. The van der Waals surface area contributed by atoms with Crippen molar-refractivity contribution in [3.05, 3.63) is 0 Å². The Morgan fingerprint density at radius 1 is 0.947 bits per heavy atom. The normalized spacial score (nSPS) is 17.8. The lowest BCUT2D eigenvalue weighted by atomic mass is 9.93. The topological polar surface area (TPSA) is 20.3 Å². The average molecular weight is 267 g/mol. The summed E-state index contributed by atoms with van der Waals surface area (Å²) < 4.78 is 0. The lowest BCUT2D eigenvalue weighted by Crippen LogP contribution is -2.36. The van der Waals surface area contributed by atoms with E-state index in [1.54, 1.807) is 6.92 Å². The highest BCUT2D eigenvalue weighted by atomic mass is 16.1. The standard InChI is InChI=1S/C17H33NO/c1-3-4-5-6-7-8-9-10-13-18-14-11-17(12-15-18)16(2)19/h17H,3-15H2,1-2H3. The van der Waals surface area contributed by atoms with Crippen LogP contribution in [0.5, 0.6) is 0 Å². The molecule has 1 rings (SSSR count). The van der Waals surface area contributed by atoms with Crippen molar-refractivity contribution in [2.45, 2.75) is 78.1 Å². The van der Waals surface area contributed by atoms with Gasteiger partial charge in [0.25, 0.3) is 0 Å². The highest BCUT2D eigenvalue weighted by Gasteiger charge is 2.21. The average Bonchev–Trinajstić information content (AvgIpc) is 2.42. The molecule has 19 heavy (non-hydrogen) atoms. The van der Waals surface area contributed by atoms with E-state index in [2.05, 4.69) is 11.8 Å². The number of carbonyl (C=O) groups excluding carboxylic acids is 1. The van der Waals surface area contributed by atoms with Crippen LogP contribution in [0.25, 0.3) is 0 Å². The maximum absolute atomic E-state index is 11.3. The van der Waals surface area contributed by atoms with E-state index in [0.29, 0.717) is 11.7 Å². The van der Waals surface area contributed by atoms with Gasteiger partial charge in [-0.1, -0.05) is 51.9 Å². The van der Waals surface area contributed by atoms with Gasteiger partial charge in [0.15, 0.2) is 0 Å². The monoisotopic (exact) mass is 267 g/mol. The van der Waals surface area contributed by atoms with Crippen molar-refractivity contribution in [3.8, 4) is 0 Å². The van der Waals surface area contributed by atoms with Gasteiger partial charge in [-0.05, 0) is 45.8 Å². The molecule has 0 aliphatic carbocycles. The Labute approximate surface area is 119 Å². The maximum Gasteiger partial charge on any atom is 0.133 e. The number of carbonyl (C=O) groups is 1. The van der Waals surface area contributed by atoms with Gasteiger partial charge in [0, 0.05) is 5.92 Å². The highest BCUT2D eigenvalue weighted by molar-refractivity contribution is 5.78. The van der Waals surface area contributed by atoms with Crippen LogP contribution in [0.15, 0.2) is 0 Å². The lowest BCUT2D eigenvalue weighted by molar-refractivity contribution is -0.122. The van der Waals surface area contributed by atoms with E-state index in [1.165, 1.54) is 57.9 Å². The van der Waals surface area contributed by atoms with Gasteiger partial charge in [-0.15, -0.1) is 0 Å². The van der Waals surface area contributed by atoms with Gasteiger partial charge in [0.2, 0.25) is 0 Å². The zero-order chi connectivity index (χ0) is 13.9. The second kappa shape index (κ2) is 10.4. The summed E-state index contributed by atoms with van der Waals surface area (Å²) in [6.07, 6.45) is 13.4. The number of ketones is 1. The number of Topliss-reactive ketones (excluding diaryl/α,β-unsaturated/α-hetero) is 1. The molecule has 0 radical (unpaired) electrons. The van der Waals surface area contributed by atoms with Crippen LogP contribution in [-0.2, 0) is 4.79 Å². The Morgan fingerprint density at radius 2 is 1.47 bits per heavy atom. The van der Waals surface area contributed by atoms with Gasteiger partial charge in [-0.3, -0.25) is 4.79 Å². The molecular weight excluding hydrogens is 234 g/mol. The molecule has 2 heteroatoms. The third-order valence-electron chi connectivity index (χ3n) is 4.49. The van der Waals surface area contributed by atoms with E-state index in [4.69, 9.17) is 0 Å². The first-order valence-electron chi connectivity index (χ1n) is 8.47. The molecule has 1 aliphatic heterocycles. The number of hydrogen-bond acceptors (Lipinski definition) is 2. The number of hydrogen-bond donors (Lipinski definition) is 0. The zero-order valence-electron chi connectivity index (χ0n) is 13.1. The van der Waals surface area contributed by atoms with Gasteiger partial charge in [-0.25, -0.2) is 0 Å². The fraction of sp³-hybridized carbons (Fsp3) is 0.941. The van der Waals surface area contributed by atoms with Crippen LogP contribution in [0.1, 0.15) is 78.1 Å². The minimum Gasteiger partial charge on any atom is -0.303 e. The van der Waals surface area contributed by atoms with Crippen LogP contribution in [-0.4, -0.2) is 30.3 Å². The van der Waals surface area contributed by atoms with E-state index < -0.39 is 0 Å². The Kier molecular flexibility index (Phi) is 9.15. The molecular formula is C17H33NO. The summed E-state index contributed by atoms with van der Waals surface area (Å²) in [6, 6.07) is 0. The van der Waals surface area contributed by atoms with E-state index in [9.17, 15) is 4.79 Å². The van der Waals surface area contributed by atoms with E-state index in [1.807, 2.05) is 0 Å². The zero-order valence-corrected chi connectivity index (χ0v) is 13.1. The van der Waals surface area contributed by atoms with Crippen molar-refractivity contribution < 1.29 is 4.79 Å². The minimum atomic E-state index is 0.356. The van der Waals surface area contributed by atoms with Crippen LogP contribution < -0.4 is 0 Å². The van der Waals surface area contributed by atoms with E-state index in [-0.39, 0.29) is 0 Å². The number of piperidine rings is 1. The predicted octanol–water partition coefficient (Wildman–Crippen LogP) is 4.43. The molecule has 0 aromatic heterocycles. The first kappa shape index (κ1) is 16.7. The molecule has 0 amide bonds. The SMILES string of the molecule is CCCCCCCCCCN1CCC(C(C)=O)CC1. The molecule has 1 aliphatic rings. The molecule has 1 heterocycles. The van der Waals surface area contributed by atoms with Crippen molar-refractivity contribution in [1.82, 2.24) is 4.90 Å². The van der Waals surface area contributed by atoms with Crippen LogP contribution in [0.3, 0.4) is 0 Å². The van der Waals surface area contributed by atoms with Gasteiger partial charge < -0.3 is 4.90 Å². The van der Waals surface area contributed by atoms with E-state index in [0.717, 1.165) is 25.9 Å². The van der Waals surface area contributed by atoms with Gasteiger partial charge in [0.1, 0.15) is 5.78 Å². The molecule has 112 valence electrons. The first-order valence-corrected chi connectivity index (χ1v) is 8.47. The predicted molar refractivity (Wildman–Crippen MR) is 82.5 cm³/mol. The van der Waals surface area contributed by atoms with Gasteiger partial charge >= 0.3 is 0 Å². The molecule has 0 atom stereocenters. The quantitative estimate of drug-likeness (QED) is 0.546. The lowest BCUT2D eigenvalue weighted by Gasteiger charge is -2.30. The summed E-state index contributed by atoms with van der Waals surface area (Å²) in [4.78, 5) is 13.8.